The van der Waals surface area contributed by atoms with E-state index in [0.29, 0.717) is 38.9 Å². The van der Waals surface area contributed by atoms with E-state index in [1.807, 2.05) is 23.1 Å². The Morgan fingerprint density at radius 3 is 2.66 bits per heavy atom. The van der Waals surface area contributed by atoms with Crippen LogP contribution in [-0.2, 0) is 41.4 Å². The van der Waals surface area contributed by atoms with Gasteiger partial charge in [0.05, 0.1) is 24.7 Å². The molecule has 0 aromatic carbocycles. The fraction of sp³-hybridized carbons (Fsp3) is 0.600. The van der Waals surface area contributed by atoms with Gasteiger partial charge in [-0.25, -0.2) is 0 Å². The molecule has 2 amide bonds. The largest absolute Gasteiger partial charge is 0.480 e. The van der Waals surface area contributed by atoms with Gasteiger partial charge in [-0.05, 0) is 44.4 Å². The number of amides is 2. The second kappa shape index (κ2) is 15.1. The third-order valence-electron chi connectivity index (χ3n) is 5.25. The Bertz CT molecular complexity index is 727. The van der Waals surface area contributed by atoms with Gasteiger partial charge in [-0.3, -0.25) is 24.3 Å². The van der Waals surface area contributed by atoms with Gasteiger partial charge in [0, 0.05) is 46.1 Å². The number of carbonyl (C=O) groups is 3. The molecule has 1 aliphatic heterocycles. The first-order valence-electron chi connectivity index (χ1n) is 10.6. The number of pyridine rings is 1. The molecule has 10 nitrogen and oxygen atoms in total. The zero-order valence-corrected chi connectivity index (χ0v) is 20.7. The molecule has 1 saturated heterocycles. The van der Waals surface area contributed by atoms with Crippen LogP contribution in [0.1, 0.15) is 44.2 Å². The molecule has 1 aromatic rings. The molecule has 1 atom stereocenters. The van der Waals surface area contributed by atoms with Gasteiger partial charge in [0.15, 0.2) is 0 Å². The Kier molecular flexibility index (Phi) is 13.3. The number of aromatic nitrogens is 1. The maximum absolute atomic E-state index is 12.2. The summed E-state index contributed by atoms with van der Waals surface area (Å²) in [6.45, 7) is 1.28. The van der Waals surface area contributed by atoms with E-state index in [1.54, 1.807) is 6.20 Å². The summed E-state index contributed by atoms with van der Waals surface area (Å²) in [7, 11) is -1.57. The molecule has 0 bridgehead atoms. The smallest absolute Gasteiger partial charge is 0.475 e. The van der Waals surface area contributed by atoms with Crippen LogP contribution in [0.25, 0.3) is 0 Å². The number of carboxylic acid groups (broad SMARTS) is 1. The van der Waals surface area contributed by atoms with Crippen molar-refractivity contribution in [2.75, 3.05) is 26.2 Å². The summed E-state index contributed by atoms with van der Waals surface area (Å²) in [4.78, 5) is 42.7. The van der Waals surface area contributed by atoms with Crippen molar-refractivity contribution in [2.45, 2.75) is 51.0 Å². The van der Waals surface area contributed by atoms with Crippen LogP contribution in [0.5, 0.6) is 0 Å². The first kappa shape index (κ1) is 28.2. The van der Waals surface area contributed by atoms with Crippen molar-refractivity contribution in [1.82, 2.24) is 20.1 Å². The third kappa shape index (κ3) is 10.2. The van der Waals surface area contributed by atoms with Gasteiger partial charge in [-0.15, -0.1) is 0 Å². The molecule has 1 fully saturated rings. The molecule has 0 saturated carbocycles. The maximum Gasteiger partial charge on any atom is 0.475 e. The number of rotatable bonds is 13. The molecule has 1 radical (unpaired) electrons. The van der Waals surface area contributed by atoms with Gasteiger partial charge < -0.3 is 25.4 Å². The van der Waals surface area contributed by atoms with Crippen molar-refractivity contribution in [3.8, 4) is 0 Å². The Morgan fingerprint density at radius 2 is 2.00 bits per heavy atom. The maximum atomic E-state index is 12.2. The van der Waals surface area contributed by atoms with Crippen LogP contribution in [0.15, 0.2) is 24.4 Å². The number of likely N-dealkylation sites (tertiary alicyclic amines) is 1. The van der Waals surface area contributed by atoms with E-state index < -0.39 is 19.0 Å². The van der Waals surface area contributed by atoms with Gasteiger partial charge in [-0.2, -0.15) is 0 Å². The number of carboxylic acids is 1. The van der Waals surface area contributed by atoms with Crippen molar-refractivity contribution < 1.29 is 50.0 Å². The van der Waals surface area contributed by atoms with Crippen LogP contribution in [0.4, 0.5) is 0 Å². The molecule has 2 rings (SSSR count). The van der Waals surface area contributed by atoms with Crippen molar-refractivity contribution in [3.05, 3.63) is 30.1 Å². The van der Waals surface area contributed by atoms with E-state index in [9.17, 15) is 24.4 Å². The Balaban J connectivity index is 0.00000512. The SMILES string of the molecule is O=C(O)CN(CCCCCC(=O)NCC(=O)N1CCCC1B(O)O)Cc1ccccn1.[Re]. The van der Waals surface area contributed by atoms with Crippen molar-refractivity contribution in [3.63, 3.8) is 0 Å². The molecular formula is C20H31BN4O6Re. The molecule has 32 heavy (non-hydrogen) atoms. The number of nitrogens with zero attached hydrogens (tertiary/aromatic N) is 3. The van der Waals surface area contributed by atoms with Crippen LogP contribution in [0, 0.1) is 0 Å². The Morgan fingerprint density at radius 1 is 1.22 bits per heavy atom. The predicted octanol–water partition coefficient (Wildman–Crippen LogP) is -0.355. The van der Waals surface area contributed by atoms with E-state index in [2.05, 4.69) is 10.3 Å². The van der Waals surface area contributed by atoms with Crippen LogP contribution in [-0.4, -0.2) is 87.0 Å². The van der Waals surface area contributed by atoms with E-state index in [0.717, 1.165) is 18.5 Å². The molecular weight excluding hydrogens is 589 g/mol. The predicted molar refractivity (Wildman–Crippen MR) is 114 cm³/mol. The van der Waals surface area contributed by atoms with Crippen molar-refractivity contribution in [1.29, 1.82) is 0 Å². The number of nitrogens with one attached hydrogen (secondary N) is 1. The quantitative estimate of drug-likeness (QED) is 0.173. The standard InChI is InChI=1S/C20H31BN4O6.Re/c26-18(23-13-19(27)25-12-6-8-17(25)21(30)31)9-2-1-5-11-24(15-20(28)29)14-16-7-3-4-10-22-16;/h3-4,7,10,17,30-31H,1-2,5-6,8-9,11-15H2,(H,23,26)(H,28,29);. The van der Waals surface area contributed by atoms with Crippen molar-refractivity contribution in [2.24, 2.45) is 0 Å². The second-order valence-corrected chi connectivity index (χ2v) is 7.72. The topological polar surface area (TPSA) is 143 Å². The normalized spacial score (nSPS) is 15.3. The molecule has 2 heterocycles. The van der Waals surface area contributed by atoms with Crippen LogP contribution in [0.2, 0.25) is 0 Å². The average Bonchev–Trinajstić information content (AvgIpc) is 3.22. The molecule has 1 aliphatic rings. The summed E-state index contributed by atoms with van der Waals surface area (Å²) >= 11 is 0. The molecule has 1 aromatic heterocycles. The Labute approximate surface area is 202 Å². The van der Waals surface area contributed by atoms with Gasteiger partial charge in [0.2, 0.25) is 11.8 Å². The summed E-state index contributed by atoms with van der Waals surface area (Å²) in [5.41, 5.74) is 0.807. The Hall–Kier alpha value is -1.83. The van der Waals surface area contributed by atoms with Gasteiger partial charge in [0.25, 0.3) is 0 Å². The minimum Gasteiger partial charge on any atom is -0.480 e. The number of unbranched alkanes of at least 4 members (excludes halogenated alkanes) is 2. The fourth-order valence-electron chi connectivity index (χ4n) is 3.70. The monoisotopic (exact) mass is 621 g/mol. The molecule has 177 valence electrons. The summed E-state index contributed by atoms with van der Waals surface area (Å²) in [5.74, 6) is -2.05. The molecule has 0 spiro atoms. The number of hydrogen-bond acceptors (Lipinski definition) is 7. The van der Waals surface area contributed by atoms with Gasteiger partial charge in [0.1, 0.15) is 0 Å². The minimum absolute atomic E-state index is 0. The third-order valence-corrected chi connectivity index (χ3v) is 5.25. The summed E-state index contributed by atoms with van der Waals surface area (Å²) < 4.78 is 0. The molecule has 4 N–H and O–H groups in total. The van der Waals surface area contributed by atoms with E-state index in [-0.39, 0.29) is 51.7 Å². The van der Waals surface area contributed by atoms with E-state index in [4.69, 9.17) is 5.11 Å². The zero-order chi connectivity index (χ0) is 22.6. The average molecular weight is 621 g/mol. The van der Waals surface area contributed by atoms with Crippen LogP contribution in [0.3, 0.4) is 0 Å². The van der Waals surface area contributed by atoms with E-state index >= 15 is 0 Å². The molecule has 12 heteroatoms. The van der Waals surface area contributed by atoms with Crippen LogP contribution >= 0.6 is 0 Å². The van der Waals surface area contributed by atoms with Gasteiger partial charge >= 0.3 is 13.1 Å². The molecule has 1 unspecified atom stereocenters. The number of carbonyl (C=O) groups excluding carboxylic acids is 2. The number of hydrogen-bond donors (Lipinski definition) is 4. The number of aliphatic carboxylic acids is 1. The summed E-state index contributed by atoms with van der Waals surface area (Å²) in [6.07, 6.45) is 5.33. The molecule has 0 aliphatic carbocycles. The zero-order valence-electron chi connectivity index (χ0n) is 18.0. The van der Waals surface area contributed by atoms with Crippen molar-refractivity contribution >= 4 is 24.9 Å². The van der Waals surface area contributed by atoms with E-state index in [1.165, 1.54) is 4.90 Å². The first-order valence-corrected chi connectivity index (χ1v) is 10.6. The fourth-order valence-corrected chi connectivity index (χ4v) is 3.70. The van der Waals surface area contributed by atoms with Gasteiger partial charge in [-0.1, -0.05) is 12.5 Å². The first-order chi connectivity index (χ1) is 14.9. The summed E-state index contributed by atoms with van der Waals surface area (Å²) in [5, 5.41) is 30.3. The summed E-state index contributed by atoms with van der Waals surface area (Å²) in [6, 6.07) is 5.52. The second-order valence-electron chi connectivity index (χ2n) is 7.72. The van der Waals surface area contributed by atoms with Crippen LogP contribution < -0.4 is 5.32 Å². The minimum atomic E-state index is -1.57.